The van der Waals surface area contributed by atoms with Gasteiger partial charge >= 0.3 is 11.9 Å². The Morgan fingerprint density at radius 3 is 2.63 bits per heavy atom. The minimum absolute atomic E-state index is 0.114. The molecule has 3 aromatic rings. The number of methoxy groups -OCH3 is 1. The molecule has 0 saturated carbocycles. The number of anilines is 1. The smallest absolute Gasteiger partial charge is 0.341 e. The van der Waals surface area contributed by atoms with E-state index in [0.717, 1.165) is 27.0 Å². The van der Waals surface area contributed by atoms with Crippen LogP contribution in [0.15, 0.2) is 36.4 Å². The molecule has 0 fully saturated rings. The molecule has 3 rings (SSSR count). The number of nitrogens with zero attached hydrogens (tertiary/aromatic N) is 1. The number of fused-ring (bicyclic) bond motifs is 1. The van der Waals surface area contributed by atoms with Crippen molar-refractivity contribution in [2.75, 3.05) is 19.0 Å². The van der Waals surface area contributed by atoms with Gasteiger partial charge in [0.2, 0.25) is 0 Å². The normalized spacial score (nSPS) is 10.6. The number of pyridine rings is 1. The lowest BCUT2D eigenvalue weighted by Crippen LogP contribution is -2.21. The number of carbonyl (C=O) groups excluding carboxylic acids is 3. The maximum absolute atomic E-state index is 12.2. The molecule has 0 spiro atoms. The third kappa shape index (κ3) is 5.01. The number of ether oxygens (including phenoxy) is 2. The van der Waals surface area contributed by atoms with Crippen molar-refractivity contribution >= 4 is 45.1 Å². The number of benzene rings is 1. The van der Waals surface area contributed by atoms with Crippen molar-refractivity contribution in [2.45, 2.75) is 26.7 Å². The van der Waals surface area contributed by atoms with Crippen LogP contribution in [0.5, 0.6) is 0 Å². The Kier molecular flexibility index (Phi) is 6.79. The maximum Gasteiger partial charge on any atom is 0.341 e. The molecule has 2 heterocycles. The van der Waals surface area contributed by atoms with Gasteiger partial charge in [0.1, 0.15) is 5.00 Å². The summed E-state index contributed by atoms with van der Waals surface area (Å²) in [5, 5.41) is 4.05. The van der Waals surface area contributed by atoms with Crippen LogP contribution in [-0.2, 0) is 25.5 Å². The Labute approximate surface area is 178 Å². The summed E-state index contributed by atoms with van der Waals surface area (Å²) < 4.78 is 9.84. The van der Waals surface area contributed by atoms with Crippen molar-refractivity contribution in [1.29, 1.82) is 0 Å². The monoisotopic (exact) mass is 426 g/mol. The Morgan fingerprint density at radius 2 is 1.87 bits per heavy atom. The Morgan fingerprint density at radius 1 is 1.10 bits per heavy atom. The molecule has 1 amide bonds. The number of carbonyl (C=O) groups is 3. The fourth-order valence-corrected chi connectivity index (χ4v) is 3.99. The van der Waals surface area contributed by atoms with E-state index in [-0.39, 0.29) is 6.42 Å². The molecule has 7 nitrogen and oxygen atoms in total. The van der Waals surface area contributed by atoms with E-state index in [1.807, 2.05) is 43.3 Å². The molecular formula is C22H22N2O5S. The molecule has 0 unspecified atom stereocenters. The molecule has 0 atom stereocenters. The van der Waals surface area contributed by atoms with Gasteiger partial charge in [-0.25, -0.2) is 4.79 Å². The van der Waals surface area contributed by atoms with Gasteiger partial charge in [0, 0.05) is 22.4 Å². The van der Waals surface area contributed by atoms with Crippen LogP contribution >= 0.6 is 11.3 Å². The van der Waals surface area contributed by atoms with E-state index in [1.165, 1.54) is 18.4 Å². The molecule has 0 aliphatic rings. The van der Waals surface area contributed by atoms with Crippen molar-refractivity contribution in [3.63, 3.8) is 0 Å². The SMILES string of the molecule is COC(=O)c1c(NC(=O)COC(=O)CCc2ccc3ccccc3n2)sc(C)c1C. The number of aromatic nitrogens is 1. The fourth-order valence-electron chi connectivity index (χ4n) is 2.92. The quantitative estimate of drug-likeness (QED) is 0.577. The lowest BCUT2D eigenvalue weighted by molar-refractivity contribution is -0.147. The first kappa shape index (κ1) is 21.4. The van der Waals surface area contributed by atoms with Gasteiger partial charge in [-0.15, -0.1) is 11.3 Å². The number of rotatable bonds is 7. The maximum atomic E-state index is 12.2. The number of esters is 2. The van der Waals surface area contributed by atoms with Crippen LogP contribution in [0.2, 0.25) is 0 Å². The summed E-state index contributed by atoms with van der Waals surface area (Å²) in [6.07, 6.45) is 0.532. The second kappa shape index (κ2) is 9.49. The molecular weight excluding hydrogens is 404 g/mol. The molecule has 156 valence electrons. The van der Waals surface area contributed by atoms with E-state index in [0.29, 0.717) is 17.0 Å². The van der Waals surface area contributed by atoms with Crippen LogP contribution in [0.25, 0.3) is 10.9 Å². The molecule has 30 heavy (non-hydrogen) atoms. The number of nitrogens with one attached hydrogen (secondary N) is 1. The summed E-state index contributed by atoms with van der Waals surface area (Å²) in [5.41, 5.74) is 2.72. The van der Waals surface area contributed by atoms with Gasteiger partial charge in [-0.05, 0) is 31.5 Å². The van der Waals surface area contributed by atoms with Crippen molar-refractivity contribution in [1.82, 2.24) is 4.98 Å². The minimum Gasteiger partial charge on any atom is -0.465 e. The summed E-state index contributed by atoms with van der Waals surface area (Å²) in [4.78, 5) is 41.6. The van der Waals surface area contributed by atoms with Crippen LogP contribution in [0.4, 0.5) is 5.00 Å². The number of hydrogen-bond donors (Lipinski definition) is 1. The van der Waals surface area contributed by atoms with E-state index in [1.54, 1.807) is 6.92 Å². The molecule has 1 N–H and O–H groups in total. The molecule has 0 saturated heterocycles. The summed E-state index contributed by atoms with van der Waals surface area (Å²) in [6, 6.07) is 11.6. The molecule has 0 aliphatic heterocycles. The predicted molar refractivity (Wildman–Crippen MR) is 115 cm³/mol. The van der Waals surface area contributed by atoms with Crippen molar-refractivity contribution in [2.24, 2.45) is 0 Å². The van der Waals surface area contributed by atoms with Crippen LogP contribution in [0.1, 0.15) is 32.9 Å². The highest BCUT2D eigenvalue weighted by molar-refractivity contribution is 7.16. The zero-order valence-electron chi connectivity index (χ0n) is 17.0. The summed E-state index contributed by atoms with van der Waals surface area (Å²) in [5.74, 6) is -1.53. The van der Waals surface area contributed by atoms with Crippen molar-refractivity contribution in [3.05, 3.63) is 58.1 Å². The second-order valence-electron chi connectivity index (χ2n) is 6.68. The summed E-state index contributed by atoms with van der Waals surface area (Å²) >= 11 is 1.27. The molecule has 0 bridgehead atoms. The lowest BCUT2D eigenvalue weighted by Gasteiger charge is -2.07. The molecule has 2 aromatic heterocycles. The third-order valence-corrected chi connectivity index (χ3v) is 5.76. The molecule has 0 radical (unpaired) electrons. The first-order chi connectivity index (χ1) is 14.4. The second-order valence-corrected chi connectivity index (χ2v) is 7.91. The van der Waals surface area contributed by atoms with E-state index in [4.69, 9.17) is 9.47 Å². The number of thiophene rings is 1. The van der Waals surface area contributed by atoms with Gasteiger partial charge in [0.15, 0.2) is 6.61 Å². The standard InChI is InChI=1S/C22H22N2O5S/c1-13-14(2)30-21(20(13)22(27)28-3)24-18(25)12-29-19(26)11-10-16-9-8-15-6-4-5-7-17(15)23-16/h4-9H,10-12H2,1-3H3,(H,24,25). The highest BCUT2D eigenvalue weighted by Crippen LogP contribution is 2.32. The number of aryl methyl sites for hydroxylation is 2. The third-order valence-electron chi connectivity index (χ3n) is 4.63. The van der Waals surface area contributed by atoms with Gasteiger partial charge in [0.25, 0.3) is 5.91 Å². The highest BCUT2D eigenvalue weighted by atomic mass is 32.1. The van der Waals surface area contributed by atoms with E-state index in [9.17, 15) is 14.4 Å². The van der Waals surface area contributed by atoms with Gasteiger partial charge < -0.3 is 14.8 Å². The number of hydrogen-bond acceptors (Lipinski definition) is 7. The Balaban J connectivity index is 1.51. The molecule has 8 heteroatoms. The van der Waals surface area contributed by atoms with Crippen LogP contribution in [0, 0.1) is 13.8 Å². The minimum atomic E-state index is -0.521. The largest absolute Gasteiger partial charge is 0.465 e. The predicted octanol–water partition coefficient (Wildman–Crippen LogP) is 3.81. The number of amides is 1. The average Bonchev–Trinajstić information content (AvgIpc) is 3.02. The first-order valence-electron chi connectivity index (χ1n) is 9.37. The van der Waals surface area contributed by atoms with E-state index >= 15 is 0 Å². The van der Waals surface area contributed by atoms with Gasteiger partial charge in [-0.1, -0.05) is 24.3 Å². The van der Waals surface area contributed by atoms with E-state index < -0.39 is 24.5 Å². The topological polar surface area (TPSA) is 94.6 Å². The zero-order chi connectivity index (χ0) is 21.7. The van der Waals surface area contributed by atoms with Crippen LogP contribution in [0.3, 0.4) is 0 Å². The fraction of sp³-hybridized carbons (Fsp3) is 0.273. The first-order valence-corrected chi connectivity index (χ1v) is 10.2. The summed E-state index contributed by atoms with van der Waals surface area (Å²) in [7, 11) is 1.28. The molecule has 1 aromatic carbocycles. The van der Waals surface area contributed by atoms with E-state index in [2.05, 4.69) is 10.3 Å². The lowest BCUT2D eigenvalue weighted by atomic mass is 10.1. The number of para-hydroxylation sites is 1. The van der Waals surface area contributed by atoms with Gasteiger partial charge in [0.05, 0.1) is 24.6 Å². The average molecular weight is 426 g/mol. The summed E-state index contributed by atoms with van der Waals surface area (Å²) in [6.45, 7) is 3.21. The van der Waals surface area contributed by atoms with Crippen molar-refractivity contribution in [3.8, 4) is 0 Å². The van der Waals surface area contributed by atoms with Crippen molar-refractivity contribution < 1.29 is 23.9 Å². The van der Waals surface area contributed by atoms with Gasteiger partial charge in [-0.3, -0.25) is 14.6 Å². The Bertz CT molecular complexity index is 1110. The van der Waals surface area contributed by atoms with Crippen LogP contribution < -0.4 is 5.32 Å². The zero-order valence-corrected chi connectivity index (χ0v) is 17.8. The van der Waals surface area contributed by atoms with Crippen LogP contribution in [-0.4, -0.2) is 36.5 Å². The Hall–Kier alpha value is -3.26. The van der Waals surface area contributed by atoms with Gasteiger partial charge in [-0.2, -0.15) is 0 Å². The highest BCUT2D eigenvalue weighted by Gasteiger charge is 2.22. The molecule has 0 aliphatic carbocycles.